The molecule has 2 aromatic heterocycles. The fourth-order valence-electron chi connectivity index (χ4n) is 2.33. The number of fused-ring (bicyclic) bond motifs is 1. The van der Waals surface area contributed by atoms with Gasteiger partial charge in [0.25, 0.3) is 0 Å². The minimum absolute atomic E-state index is 0.00856. The van der Waals surface area contributed by atoms with Gasteiger partial charge in [0.05, 0.1) is 11.4 Å². The summed E-state index contributed by atoms with van der Waals surface area (Å²) < 4.78 is 1.82. The van der Waals surface area contributed by atoms with Gasteiger partial charge in [-0.05, 0) is 13.0 Å². The van der Waals surface area contributed by atoms with Crippen molar-refractivity contribution in [2.75, 3.05) is 0 Å². The largest absolute Gasteiger partial charge is 0.481 e. The third kappa shape index (κ3) is 2.80. The zero-order chi connectivity index (χ0) is 15.7. The Hall–Kier alpha value is -2.40. The van der Waals surface area contributed by atoms with Gasteiger partial charge in [0.15, 0.2) is 5.65 Å². The Morgan fingerprint density at radius 2 is 2.05 bits per heavy atom. The van der Waals surface area contributed by atoms with Crippen molar-refractivity contribution in [3.05, 3.63) is 47.1 Å². The standard InChI is InChI=1S/C16H14ClN3O2/c1-10-2-4-11(5-3-10)15-19-13-8-12(17)9-18-16(13)20(15)7-6-14(21)22/h2-5,8-9H,6-7H2,1H3,(H,21,22). The minimum atomic E-state index is -0.856. The molecule has 0 saturated heterocycles. The van der Waals surface area contributed by atoms with Gasteiger partial charge in [0, 0.05) is 18.3 Å². The summed E-state index contributed by atoms with van der Waals surface area (Å²) in [7, 11) is 0. The second-order valence-corrected chi connectivity index (χ2v) is 5.53. The summed E-state index contributed by atoms with van der Waals surface area (Å²) in [5.74, 6) is -0.156. The van der Waals surface area contributed by atoms with E-state index in [9.17, 15) is 4.79 Å². The summed E-state index contributed by atoms with van der Waals surface area (Å²) in [6.45, 7) is 2.32. The first-order valence-corrected chi connectivity index (χ1v) is 7.23. The number of hydrogen-bond acceptors (Lipinski definition) is 3. The maximum absolute atomic E-state index is 10.9. The lowest BCUT2D eigenvalue weighted by Gasteiger charge is -2.07. The molecule has 0 saturated carbocycles. The molecule has 0 aliphatic carbocycles. The SMILES string of the molecule is Cc1ccc(-c2nc3cc(Cl)cnc3n2CCC(=O)O)cc1. The Morgan fingerprint density at radius 1 is 1.32 bits per heavy atom. The maximum atomic E-state index is 10.9. The van der Waals surface area contributed by atoms with E-state index in [1.54, 1.807) is 12.3 Å². The van der Waals surface area contributed by atoms with Crippen LogP contribution in [0, 0.1) is 6.92 Å². The maximum Gasteiger partial charge on any atom is 0.305 e. The highest BCUT2D eigenvalue weighted by Gasteiger charge is 2.15. The Labute approximate surface area is 132 Å². The van der Waals surface area contributed by atoms with Crippen molar-refractivity contribution in [2.45, 2.75) is 19.9 Å². The predicted molar refractivity (Wildman–Crippen MR) is 85.0 cm³/mol. The molecule has 0 atom stereocenters. The molecule has 0 radical (unpaired) electrons. The second-order valence-electron chi connectivity index (χ2n) is 5.09. The molecule has 0 fully saturated rings. The summed E-state index contributed by atoms with van der Waals surface area (Å²) in [6.07, 6.45) is 1.55. The Morgan fingerprint density at radius 3 is 2.73 bits per heavy atom. The molecule has 0 bridgehead atoms. The molecule has 22 heavy (non-hydrogen) atoms. The van der Waals surface area contributed by atoms with E-state index in [1.807, 2.05) is 35.8 Å². The van der Waals surface area contributed by atoms with Crippen LogP contribution >= 0.6 is 11.6 Å². The van der Waals surface area contributed by atoms with Crippen molar-refractivity contribution < 1.29 is 9.90 Å². The Bertz CT molecular complexity index is 840. The number of hydrogen-bond donors (Lipinski definition) is 1. The van der Waals surface area contributed by atoms with E-state index in [0.717, 1.165) is 11.1 Å². The van der Waals surface area contributed by atoms with Crippen LogP contribution in [-0.4, -0.2) is 25.6 Å². The number of halogens is 1. The van der Waals surface area contributed by atoms with Crippen LogP contribution in [-0.2, 0) is 11.3 Å². The molecule has 0 amide bonds. The predicted octanol–water partition coefficient (Wildman–Crippen LogP) is 3.53. The van der Waals surface area contributed by atoms with Crippen LogP contribution in [0.25, 0.3) is 22.6 Å². The third-order valence-electron chi connectivity index (χ3n) is 3.41. The number of carboxylic acids is 1. The Kier molecular flexibility index (Phi) is 3.81. The van der Waals surface area contributed by atoms with Gasteiger partial charge in [-0.3, -0.25) is 4.79 Å². The number of aliphatic carboxylic acids is 1. The molecule has 0 unspecified atom stereocenters. The number of aryl methyl sites for hydroxylation is 2. The van der Waals surface area contributed by atoms with E-state index >= 15 is 0 Å². The molecule has 5 nitrogen and oxygen atoms in total. The summed E-state index contributed by atoms with van der Waals surface area (Å²) in [5.41, 5.74) is 3.37. The average molecular weight is 316 g/mol. The van der Waals surface area contributed by atoms with Gasteiger partial charge in [0.1, 0.15) is 11.3 Å². The molecule has 1 aromatic carbocycles. The molecule has 3 rings (SSSR count). The van der Waals surface area contributed by atoms with Crippen molar-refractivity contribution in [3.63, 3.8) is 0 Å². The minimum Gasteiger partial charge on any atom is -0.481 e. The number of nitrogens with zero attached hydrogens (tertiary/aromatic N) is 3. The highest BCUT2D eigenvalue weighted by molar-refractivity contribution is 6.31. The van der Waals surface area contributed by atoms with Crippen LogP contribution in [0.4, 0.5) is 0 Å². The van der Waals surface area contributed by atoms with E-state index in [-0.39, 0.29) is 6.42 Å². The van der Waals surface area contributed by atoms with Crippen molar-refractivity contribution >= 4 is 28.7 Å². The molecule has 3 aromatic rings. The quantitative estimate of drug-likeness (QED) is 0.799. The second kappa shape index (κ2) is 5.77. The lowest BCUT2D eigenvalue weighted by Crippen LogP contribution is -2.06. The monoisotopic (exact) mass is 315 g/mol. The summed E-state index contributed by atoms with van der Waals surface area (Å²) in [4.78, 5) is 19.8. The van der Waals surface area contributed by atoms with Crippen LogP contribution in [0.5, 0.6) is 0 Å². The van der Waals surface area contributed by atoms with Gasteiger partial charge >= 0.3 is 5.97 Å². The van der Waals surface area contributed by atoms with Gasteiger partial charge < -0.3 is 9.67 Å². The number of carbonyl (C=O) groups is 1. The normalized spacial score (nSPS) is 11.0. The molecule has 1 N–H and O–H groups in total. The van der Waals surface area contributed by atoms with Gasteiger partial charge in [-0.2, -0.15) is 0 Å². The van der Waals surface area contributed by atoms with Gasteiger partial charge in [-0.25, -0.2) is 9.97 Å². The highest BCUT2D eigenvalue weighted by Crippen LogP contribution is 2.25. The van der Waals surface area contributed by atoms with Crippen molar-refractivity contribution in [1.29, 1.82) is 0 Å². The molecule has 0 aliphatic heterocycles. The van der Waals surface area contributed by atoms with E-state index < -0.39 is 5.97 Å². The number of aromatic nitrogens is 3. The van der Waals surface area contributed by atoms with Crippen molar-refractivity contribution in [2.24, 2.45) is 0 Å². The number of pyridine rings is 1. The Balaban J connectivity index is 2.16. The molecule has 0 aliphatic rings. The van der Waals surface area contributed by atoms with Crippen LogP contribution < -0.4 is 0 Å². The molecule has 2 heterocycles. The molecular weight excluding hydrogens is 302 g/mol. The zero-order valence-electron chi connectivity index (χ0n) is 12.0. The number of carboxylic acid groups (broad SMARTS) is 1. The fraction of sp³-hybridized carbons (Fsp3) is 0.188. The van der Waals surface area contributed by atoms with Crippen LogP contribution in [0.2, 0.25) is 5.02 Å². The zero-order valence-corrected chi connectivity index (χ0v) is 12.7. The van der Waals surface area contributed by atoms with Crippen molar-refractivity contribution in [3.8, 4) is 11.4 Å². The summed E-state index contributed by atoms with van der Waals surface area (Å²) in [6, 6.07) is 9.66. The van der Waals surface area contributed by atoms with Gasteiger partial charge in [-0.1, -0.05) is 41.4 Å². The lowest BCUT2D eigenvalue weighted by molar-refractivity contribution is -0.137. The molecule has 0 spiro atoms. The highest BCUT2D eigenvalue weighted by atomic mass is 35.5. The molecule has 112 valence electrons. The third-order valence-corrected chi connectivity index (χ3v) is 3.62. The van der Waals surface area contributed by atoms with Crippen molar-refractivity contribution in [1.82, 2.24) is 14.5 Å². The fourth-order valence-corrected chi connectivity index (χ4v) is 2.48. The van der Waals surface area contributed by atoms with E-state index in [0.29, 0.717) is 28.6 Å². The first kappa shape index (κ1) is 14.5. The number of rotatable bonds is 4. The average Bonchev–Trinajstić information content (AvgIpc) is 2.83. The summed E-state index contributed by atoms with van der Waals surface area (Å²) >= 11 is 5.97. The molecule has 6 heteroatoms. The topological polar surface area (TPSA) is 68.0 Å². The van der Waals surface area contributed by atoms with E-state index in [2.05, 4.69) is 9.97 Å². The number of imidazole rings is 1. The van der Waals surface area contributed by atoms with Gasteiger partial charge in [0.2, 0.25) is 0 Å². The number of benzene rings is 1. The lowest BCUT2D eigenvalue weighted by atomic mass is 10.1. The first-order valence-electron chi connectivity index (χ1n) is 6.85. The van der Waals surface area contributed by atoms with Gasteiger partial charge in [-0.15, -0.1) is 0 Å². The summed E-state index contributed by atoms with van der Waals surface area (Å²) in [5, 5.41) is 9.46. The smallest absolute Gasteiger partial charge is 0.305 e. The first-order chi connectivity index (χ1) is 10.5. The van der Waals surface area contributed by atoms with Crippen LogP contribution in [0.3, 0.4) is 0 Å². The van der Waals surface area contributed by atoms with Crippen LogP contribution in [0.15, 0.2) is 36.5 Å². The van der Waals surface area contributed by atoms with E-state index in [1.165, 1.54) is 0 Å². The molecular formula is C16H14ClN3O2. The van der Waals surface area contributed by atoms with E-state index in [4.69, 9.17) is 16.7 Å². The van der Waals surface area contributed by atoms with Crippen LogP contribution in [0.1, 0.15) is 12.0 Å².